The predicted octanol–water partition coefficient (Wildman–Crippen LogP) is -0.136. The van der Waals surface area contributed by atoms with Crippen molar-refractivity contribution in [3.05, 3.63) is 10.6 Å². The summed E-state index contributed by atoms with van der Waals surface area (Å²) in [5.41, 5.74) is 0.271. The van der Waals surface area contributed by atoms with E-state index >= 15 is 0 Å². The molecule has 1 aliphatic heterocycles. The molecule has 1 heterocycles. The summed E-state index contributed by atoms with van der Waals surface area (Å²) in [5.74, 6) is -0.457. The van der Waals surface area contributed by atoms with E-state index in [1.807, 2.05) is 6.26 Å². The van der Waals surface area contributed by atoms with Gasteiger partial charge in [0.2, 0.25) is 6.41 Å². The van der Waals surface area contributed by atoms with Gasteiger partial charge in [-0.2, -0.15) is 0 Å². The SMILES string of the molecule is CSC1=C(NC=O)C(=O)OC1. The van der Waals surface area contributed by atoms with Crippen molar-refractivity contribution in [2.24, 2.45) is 0 Å². The molecule has 0 aromatic heterocycles. The second-order valence-electron chi connectivity index (χ2n) is 1.84. The van der Waals surface area contributed by atoms with E-state index < -0.39 is 5.97 Å². The molecule has 0 aromatic rings. The zero-order valence-electron chi connectivity index (χ0n) is 5.92. The molecular weight excluding hydrogens is 166 g/mol. The first kappa shape index (κ1) is 8.13. The highest BCUT2D eigenvalue weighted by Crippen LogP contribution is 2.21. The Morgan fingerprint density at radius 2 is 2.45 bits per heavy atom. The van der Waals surface area contributed by atoms with Crippen LogP contribution in [-0.2, 0) is 14.3 Å². The molecule has 60 valence electrons. The van der Waals surface area contributed by atoms with Crippen LogP contribution in [0.15, 0.2) is 10.6 Å². The molecule has 1 rings (SSSR count). The number of nitrogens with one attached hydrogen (secondary N) is 1. The molecular formula is C6H7NO3S. The lowest BCUT2D eigenvalue weighted by Gasteiger charge is -1.95. The fraction of sp³-hybridized carbons (Fsp3) is 0.333. The van der Waals surface area contributed by atoms with Gasteiger partial charge in [0.1, 0.15) is 12.3 Å². The van der Waals surface area contributed by atoms with Crippen molar-refractivity contribution in [3.63, 3.8) is 0 Å². The summed E-state index contributed by atoms with van der Waals surface area (Å²) >= 11 is 1.40. The summed E-state index contributed by atoms with van der Waals surface area (Å²) in [6.45, 7) is 0.274. The fourth-order valence-corrected chi connectivity index (χ4v) is 1.27. The molecule has 0 bridgehead atoms. The topological polar surface area (TPSA) is 55.4 Å². The van der Waals surface area contributed by atoms with Gasteiger partial charge in [-0.1, -0.05) is 0 Å². The maximum absolute atomic E-state index is 10.8. The average Bonchev–Trinajstić information content (AvgIpc) is 2.34. The lowest BCUT2D eigenvalue weighted by atomic mass is 10.4. The number of cyclic esters (lactones) is 1. The second-order valence-corrected chi connectivity index (χ2v) is 2.74. The van der Waals surface area contributed by atoms with Crippen LogP contribution >= 0.6 is 11.8 Å². The Hall–Kier alpha value is -0.970. The summed E-state index contributed by atoms with van der Waals surface area (Å²) in [6.07, 6.45) is 2.29. The van der Waals surface area contributed by atoms with Crippen LogP contribution < -0.4 is 5.32 Å². The fourth-order valence-electron chi connectivity index (χ4n) is 0.749. The van der Waals surface area contributed by atoms with E-state index in [2.05, 4.69) is 10.1 Å². The van der Waals surface area contributed by atoms with Crippen LogP contribution in [0.4, 0.5) is 0 Å². The standard InChI is InChI=1S/C6H7NO3S/c1-11-4-2-10-6(9)5(4)7-3-8/h3H,2H2,1H3,(H,7,8). The van der Waals surface area contributed by atoms with E-state index in [1.165, 1.54) is 11.8 Å². The molecule has 0 aliphatic carbocycles. The predicted molar refractivity (Wildman–Crippen MR) is 40.7 cm³/mol. The second kappa shape index (κ2) is 3.43. The summed E-state index contributed by atoms with van der Waals surface area (Å²) in [7, 11) is 0. The van der Waals surface area contributed by atoms with Crippen molar-refractivity contribution in [1.82, 2.24) is 5.32 Å². The van der Waals surface area contributed by atoms with Crippen molar-refractivity contribution < 1.29 is 14.3 Å². The molecule has 4 nitrogen and oxygen atoms in total. The monoisotopic (exact) mass is 173 g/mol. The minimum absolute atomic E-state index is 0.271. The Labute approximate surface area is 68.0 Å². The zero-order valence-corrected chi connectivity index (χ0v) is 6.73. The van der Waals surface area contributed by atoms with Gasteiger partial charge in [0, 0.05) is 0 Å². The first-order valence-corrected chi connectivity index (χ1v) is 4.16. The molecule has 5 heteroatoms. The molecule has 0 unspecified atom stereocenters. The summed E-state index contributed by atoms with van der Waals surface area (Å²) in [6, 6.07) is 0. The quantitative estimate of drug-likeness (QED) is 0.477. The Balaban J connectivity index is 2.80. The van der Waals surface area contributed by atoms with E-state index in [-0.39, 0.29) is 12.3 Å². The van der Waals surface area contributed by atoms with E-state index in [0.717, 1.165) is 4.91 Å². The van der Waals surface area contributed by atoms with Crippen LogP contribution in [0.2, 0.25) is 0 Å². The normalized spacial score (nSPS) is 16.6. The number of carbonyl (C=O) groups excluding carboxylic acids is 2. The molecule has 0 fully saturated rings. The number of amides is 1. The van der Waals surface area contributed by atoms with Gasteiger partial charge < -0.3 is 10.1 Å². The van der Waals surface area contributed by atoms with Gasteiger partial charge in [0.15, 0.2) is 0 Å². The highest BCUT2D eigenvalue weighted by Gasteiger charge is 2.23. The molecule has 0 spiro atoms. The Kier molecular flexibility index (Phi) is 2.53. The van der Waals surface area contributed by atoms with Gasteiger partial charge in [0.25, 0.3) is 0 Å². The Morgan fingerprint density at radius 1 is 1.73 bits per heavy atom. The van der Waals surface area contributed by atoms with Gasteiger partial charge in [-0.15, -0.1) is 11.8 Å². The molecule has 0 radical (unpaired) electrons. The molecule has 0 saturated heterocycles. The maximum atomic E-state index is 10.8. The number of carbonyl (C=O) groups is 2. The largest absolute Gasteiger partial charge is 0.455 e. The molecule has 0 atom stereocenters. The van der Waals surface area contributed by atoms with E-state index in [4.69, 9.17) is 0 Å². The Bertz CT molecular complexity index is 224. The van der Waals surface area contributed by atoms with Gasteiger partial charge in [-0.05, 0) is 6.26 Å². The van der Waals surface area contributed by atoms with Crippen molar-refractivity contribution in [2.45, 2.75) is 0 Å². The molecule has 1 N–H and O–H groups in total. The summed E-state index contributed by atoms with van der Waals surface area (Å²) < 4.78 is 4.67. The molecule has 0 aromatic carbocycles. The van der Waals surface area contributed by atoms with Crippen LogP contribution in [-0.4, -0.2) is 25.2 Å². The number of thioether (sulfide) groups is 1. The minimum atomic E-state index is -0.457. The number of ether oxygens (including phenoxy) is 1. The smallest absolute Gasteiger partial charge is 0.356 e. The van der Waals surface area contributed by atoms with Gasteiger partial charge >= 0.3 is 5.97 Å². The number of hydrogen-bond donors (Lipinski definition) is 1. The number of rotatable bonds is 3. The summed E-state index contributed by atoms with van der Waals surface area (Å²) in [5, 5.41) is 2.30. The Morgan fingerprint density at radius 3 is 3.00 bits per heavy atom. The van der Waals surface area contributed by atoms with Gasteiger partial charge in [0.05, 0.1) is 4.91 Å². The molecule has 1 aliphatic rings. The van der Waals surface area contributed by atoms with Crippen LogP contribution in [0.3, 0.4) is 0 Å². The first-order chi connectivity index (χ1) is 5.29. The van der Waals surface area contributed by atoms with Crippen LogP contribution in [0.1, 0.15) is 0 Å². The molecule has 0 saturated carbocycles. The van der Waals surface area contributed by atoms with Gasteiger partial charge in [-0.3, -0.25) is 4.79 Å². The van der Waals surface area contributed by atoms with Crippen molar-refractivity contribution in [3.8, 4) is 0 Å². The van der Waals surface area contributed by atoms with E-state index in [1.54, 1.807) is 0 Å². The minimum Gasteiger partial charge on any atom is -0.455 e. The van der Waals surface area contributed by atoms with Crippen LogP contribution in [0, 0.1) is 0 Å². The highest BCUT2D eigenvalue weighted by atomic mass is 32.2. The zero-order chi connectivity index (χ0) is 8.27. The molecule has 11 heavy (non-hydrogen) atoms. The third-order valence-electron chi connectivity index (χ3n) is 1.27. The van der Waals surface area contributed by atoms with Crippen molar-refractivity contribution >= 4 is 24.1 Å². The third kappa shape index (κ3) is 1.54. The summed E-state index contributed by atoms with van der Waals surface area (Å²) in [4.78, 5) is 21.6. The van der Waals surface area contributed by atoms with Crippen LogP contribution in [0.25, 0.3) is 0 Å². The highest BCUT2D eigenvalue weighted by molar-refractivity contribution is 8.02. The lowest BCUT2D eigenvalue weighted by Crippen LogP contribution is -2.16. The van der Waals surface area contributed by atoms with E-state index in [0.29, 0.717) is 6.41 Å². The molecule has 1 amide bonds. The third-order valence-corrected chi connectivity index (χ3v) is 2.08. The van der Waals surface area contributed by atoms with Crippen LogP contribution in [0.5, 0.6) is 0 Å². The van der Waals surface area contributed by atoms with Crippen molar-refractivity contribution in [1.29, 1.82) is 0 Å². The maximum Gasteiger partial charge on any atom is 0.356 e. The number of esters is 1. The van der Waals surface area contributed by atoms with E-state index in [9.17, 15) is 9.59 Å². The average molecular weight is 173 g/mol. The number of hydrogen-bond acceptors (Lipinski definition) is 4. The van der Waals surface area contributed by atoms with Gasteiger partial charge in [-0.25, -0.2) is 4.79 Å². The first-order valence-electron chi connectivity index (χ1n) is 2.94. The van der Waals surface area contributed by atoms with Crippen molar-refractivity contribution in [2.75, 3.05) is 12.9 Å². The lowest BCUT2D eigenvalue weighted by molar-refractivity contribution is -0.136.